The van der Waals surface area contributed by atoms with Gasteiger partial charge in [-0.15, -0.1) is 0 Å². The lowest BCUT2D eigenvalue weighted by Crippen LogP contribution is -2.38. The van der Waals surface area contributed by atoms with Crippen LogP contribution in [-0.2, 0) is 11.3 Å². The lowest BCUT2D eigenvalue weighted by molar-refractivity contribution is 0.0505. The first-order chi connectivity index (χ1) is 9.83. The van der Waals surface area contributed by atoms with Crippen molar-refractivity contribution < 1.29 is 9.53 Å². The van der Waals surface area contributed by atoms with E-state index in [9.17, 15) is 4.79 Å². The van der Waals surface area contributed by atoms with Crippen LogP contribution < -0.4 is 10.6 Å². The molecule has 1 fully saturated rings. The van der Waals surface area contributed by atoms with Crippen LogP contribution in [0.3, 0.4) is 0 Å². The Kier molecular flexibility index (Phi) is 5.27. The number of nitrogens with one attached hydrogen (secondary N) is 2. The Morgan fingerprint density at radius 2 is 2.05 bits per heavy atom. The molecule has 1 aromatic rings. The van der Waals surface area contributed by atoms with Crippen molar-refractivity contribution in [2.75, 3.05) is 0 Å². The van der Waals surface area contributed by atoms with Crippen LogP contribution in [0.25, 0.3) is 0 Å². The molecule has 1 aromatic heterocycles. The van der Waals surface area contributed by atoms with Crippen LogP contribution in [0.5, 0.6) is 0 Å². The highest BCUT2D eigenvalue weighted by molar-refractivity contribution is 7.08. The fourth-order valence-corrected chi connectivity index (χ4v) is 3.45. The van der Waals surface area contributed by atoms with E-state index in [4.69, 9.17) is 4.74 Å². The molecule has 2 atom stereocenters. The van der Waals surface area contributed by atoms with Gasteiger partial charge in [-0.25, -0.2) is 4.79 Å². The molecule has 0 radical (unpaired) electrons. The quantitative estimate of drug-likeness (QED) is 0.893. The van der Waals surface area contributed by atoms with E-state index in [1.165, 1.54) is 11.1 Å². The first kappa shape index (κ1) is 16.3. The predicted octanol–water partition coefficient (Wildman–Crippen LogP) is 3.59. The number of carbonyl (C=O) groups excluding carboxylic acids is 1. The Balaban J connectivity index is 1.71. The zero-order valence-corrected chi connectivity index (χ0v) is 14.2. The van der Waals surface area contributed by atoms with Gasteiger partial charge in [0.25, 0.3) is 0 Å². The average molecular weight is 310 g/mol. The summed E-state index contributed by atoms with van der Waals surface area (Å²) in [5.74, 6) is 0. The van der Waals surface area contributed by atoms with E-state index in [1.54, 1.807) is 11.3 Å². The monoisotopic (exact) mass is 310 g/mol. The maximum atomic E-state index is 11.8. The van der Waals surface area contributed by atoms with Gasteiger partial charge in [-0.1, -0.05) is 0 Å². The third-order valence-corrected chi connectivity index (χ3v) is 4.61. The van der Waals surface area contributed by atoms with E-state index in [2.05, 4.69) is 28.3 Å². The van der Waals surface area contributed by atoms with Crippen LogP contribution in [0.15, 0.2) is 10.8 Å². The smallest absolute Gasteiger partial charge is 0.407 e. The van der Waals surface area contributed by atoms with Crippen LogP contribution in [0, 0.1) is 6.92 Å². The summed E-state index contributed by atoms with van der Waals surface area (Å²) in [6.45, 7) is 8.71. The molecule has 118 valence electrons. The highest BCUT2D eigenvalue weighted by Gasteiger charge is 2.27. The van der Waals surface area contributed by atoms with Crippen molar-refractivity contribution in [2.24, 2.45) is 0 Å². The number of rotatable bonds is 4. The second-order valence-electron chi connectivity index (χ2n) is 6.81. The largest absolute Gasteiger partial charge is 0.444 e. The summed E-state index contributed by atoms with van der Waals surface area (Å²) in [6, 6.07) is 0.699. The molecule has 0 aliphatic heterocycles. The Hall–Kier alpha value is -1.07. The van der Waals surface area contributed by atoms with Crippen molar-refractivity contribution in [2.45, 2.75) is 71.2 Å². The minimum atomic E-state index is -0.434. The van der Waals surface area contributed by atoms with Gasteiger partial charge < -0.3 is 15.4 Å². The lowest BCUT2D eigenvalue weighted by atomic mass is 10.2. The van der Waals surface area contributed by atoms with Gasteiger partial charge in [0.05, 0.1) is 0 Å². The van der Waals surface area contributed by atoms with E-state index >= 15 is 0 Å². The third kappa shape index (κ3) is 5.32. The topological polar surface area (TPSA) is 50.4 Å². The van der Waals surface area contributed by atoms with Gasteiger partial charge in [-0.2, -0.15) is 11.3 Å². The molecule has 2 unspecified atom stereocenters. The number of thiophene rings is 1. The Morgan fingerprint density at radius 1 is 1.33 bits per heavy atom. The van der Waals surface area contributed by atoms with Gasteiger partial charge >= 0.3 is 6.09 Å². The molecule has 21 heavy (non-hydrogen) atoms. The Labute approximate surface area is 131 Å². The summed E-state index contributed by atoms with van der Waals surface area (Å²) in [7, 11) is 0. The highest BCUT2D eigenvalue weighted by atomic mass is 32.1. The lowest BCUT2D eigenvalue weighted by Gasteiger charge is -2.21. The molecule has 1 aliphatic rings. The van der Waals surface area contributed by atoms with Crippen molar-refractivity contribution in [1.29, 1.82) is 0 Å². The van der Waals surface area contributed by atoms with Crippen LogP contribution in [0.4, 0.5) is 4.79 Å². The molecular weight excluding hydrogens is 284 g/mol. The van der Waals surface area contributed by atoms with Crippen molar-refractivity contribution in [3.63, 3.8) is 0 Å². The summed E-state index contributed by atoms with van der Waals surface area (Å²) in [5, 5.41) is 10.9. The van der Waals surface area contributed by atoms with Crippen molar-refractivity contribution in [3.05, 3.63) is 21.9 Å². The minimum Gasteiger partial charge on any atom is -0.444 e. The van der Waals surface area contributed by atoms with Gasteiger partial charge in [-0.05, 0) is 68.8 Å². The zero-order valence-electron chi connectivity index (χ0n) is 13.4. The van der Waals surface area contributed by atoms with Crippen LogP contribution in [0.1, 0.15) is 51.2 Å². The summed E-state index contributed by atoms with van der Waals surface area (Å²) in [4.78, 5) is 11.8. The second kappa shape index (κ2) is 6.79. The SMILES string of the molecule is Cc1cscc1CNC1CCC(NC(=O)OC(C)(C)C)C1. The Bertz CT molecular complexity index is 479. The van der Waals surface area contributed by atoms with E-state index in [-0.39, 0.29) is 12.1 Å². The molecule has 0 spiro atoms. The van der Waals surface area contributed by atoms with Crippen LogP contribution in [0.2, 0.25) is 0 Å². The fraction of sp³-hybridized carbons (Fsp3) is 0.688. The number of ether oxygens (including phenoxy) is 1. The van der Waals surface area contributed by atoms with Gasteiger partial charge in [-0.3, -0.25) is 0 Å². The first-order valence-corrected chi connectivity index (χ1v) is 8.52. The number of amides is 1. The standard InChI is InChI=1S/C16H26N2O2S/c1-11-9-21-10-12(11)8-17-13-5-6-14(7-13)18-15(19)20-16(2,3)4/h9-10,13-14,17H,5-8H2,1-4H3,(H,18,19). The summed E-state index contributed by atoms with van der Waals surface area (Å²) >= 11 is 1.75. The van der Waals surface area contributed by atoms with Crippen LogP contribution in [-0.4, -0.2) is 23.8 Å². The van der Waals surface area contributed by atoms with Crippen molar-refractivity contribution in [1.82, 2.24) is 10.6 Å². The van der Waals surface area contributed by atoms with Gasteiger partial charge in [0.1, 0.15) is 5.60 Å². The van der Waals surface area contributed by atoms with Crippen LogP contribution >= 0.6 is 11.3 Å². The number of aryl methyl sites for hydroxylation is 1. The summed E-state index contributed by atoms with van der Waals surface area (Å²) in [6.07, 6.45) is 2.79. The third-order valence-electron chi connectivity index (χ3n) is 3.70. The molecule has 0 saturated heterocycles. The molecule has 0 aromatic carbocycles. The maximum absolute atomic E-state index is 11.8. The molecule has 1 aliphatic carbocycles. The number of hydrogen-bond acceptors (Lipinski definition) is 4. The highest BCUT2D eigenvalue weighted by Crippen LogP contribution is 2.21. The summed E-state index contributed by atoms with van der Waals surface area (Å²) < 4.78 is 5.30. The normalized spacial score (nSPS) is 22.3. The molecule has 2 rings (SSSR count). The first-order valence-electron chi connectivity index (χ1n) is 7.58. The van der Waals surface area contributed by atoms with Gasteiger partial charge in [0.2, 0.25) is 0 Å². The fourth-order valence-electron chi connectivity index (χ4n) is 2.59. The van der Waals surface area contributed by atoms with Crippen molar-refractivity contribution >= 4 is 17.4 Å². The number of carbonyl (C=O) groups is 1. The van der Waals surface area contributed by atoms with Gasteiger partial charge in [0.15, 0.2) is 0 Å². The molecule has 1 saturated carbocycles. The molecule has 1 amide bonds. The summed E-state index contributed by atoms with van der Waals surface area (Å²) in [5.41, 5.74) is 2.30. The van der Waals surface area contributed by atoms with E-state index in [0.29, 0.717) is 6.04 Å². The average Bonchev–Trinajstić information content (AvgIpc) is 2.93. The number of hydrogen-bond donors (Lipinski definition) is 2. The van der Waals surface area contributed by atoms with Crippen molar-refractivity contribution in [3.8, 4) is 0 Å². The Morgan fingerprint density at radius 3 is 2.67 bits per heavy atom. The number of alkyl carbamates (subject to hydrolysis) is 1. The zero-order chi connectivity index (χ0) is 15.5. The molecule has 1 heterocycles. The van der Waals surface area contributed by atoms with E-state index < -0.39 is 5.60 Å². The predicted molar refractivity (Wildman–Crippen MR) is 86.7 cm³/mol. The molecule has 2 N–H and O–H groups in total. The maximum Gasteiger partial charge on any atom is 0.407 e. The van der Waals surface area contributed by atoms with E-state index in [1.807, 2.05) is 20.8 Å². The molecule has 5 heteroatoms. The second-order valence-corrected chi connectivity index (χ2v) is 7.56. The minimum absolute atomic E-state index is 0.223. The van der Waals surface area contributed by atoms with E-state index in [0.717, 1.165) is 25.8 Å². The molecule has 0 bridgehead atoms. The van der Waals surface area contributed by atoms with Gasteiger partial charge in [0, 0.05) is 18.6 Å². The molecule has 4 nitrogen and oxygen atoms in total. The molecular formula is C16H26N2O2S.